The van der Waals surface area contributed by atoms with Gasteiger partial charge in [-0.3, -0.25) is 0 Å². The first-order valence-corrected chi connectivity index (χ1v) is 6.88. The number of nitrogens with one attached hydrogen (secondary N) is 1. The Kier molecular flexibility index (Phi) is 4.14. The van der Waals surface area contributed by atoms with Crippen molar-refractivity contribution in [3.63, 3.8) is 0 Å². The molecular weight excluding hydrogens is 250 g/mol. The molecule has 4 heteroatoms. The Morgan fingerprint density at radius 2 is 2.05 bits per heavy atom. The highest BCUT2D eigenvalue weighted by Gasteiger charge is 2.19. The van der Waals surface area contributed by atoms with Gasteiger partial charge in [-0.2, -0.15) is 0 Å². The van der Waals surface area contributed by atoms with Gasteiger partial charge in [0.05, 0.1) is 19.0 Å². The fraction of sp³-hybridized carbons (Fsp3) is 0.438. The Hall–Kier alpha value is -1.81. The molecule has 0 saturated heterocycles. The summed E-state index contributed by atoms with van der Waals surface area (Å²) >= 11 is 0. The van der Waals surface area contributed by atoms with Gasteiger partial charge in [-0.15, -0.1) is 0 Å². The number of benzene rings is 1. The first kappa shape index (κ1) is 14.6. The predicted molar refractivity (Wildman–Crippen MR) is 82.0 cm³/mol. The van der Waals surface area contributed by atoms with Gasteiger partial charge in [0.2, 0.25) is 0 Å². The molecule has 0 bridgehead atoms. The maximum absolute atomic E-state index is 5.55. The molecule has 0 fully saturated rings. The van der Waals surface area contributed by atoms with E-state index in [0.29, 0.717) is 6.54 Å². The molecule has 1 heterocycles. The predicted octanol–water partition coefficient (Wildman–Crippen LogP) is 2.88. The topological polar surface area (TPSA) is 63.9 Å². The highest BCUT2D eigenvalue weighted by molar-refractivity contribution is 5.62. The normalized spacial score (nSPS) is 11.7. The van der Waals surface area contributed by atoms with Crippen molar-refractivity contribution in [2.45, 2.75) is 32.6 Å². The van der Waals surface area contributed by atoms with E-state index < -0.39 is 0 Å². The number of imidazole rings is 1. The minimum absolute atomic E-state index is 0.0292. The van der Waals surface area contributed by atoms with E-state index in [1.165, 1.54) is 5.56 Å². The third-order valence-electron chi connectivity index (χ3n) is 3.33. The monoisotopic (exact) mass is 273 g/mol. The van der Waals surface area contributed by atoms with E-state index in [0.717, 1.165) is 29.3 Å². The largest absolute Gasteiger partial charge is 0.496 e. The fourth-order valence-corrected chi connectivity index (χ4v) is 2.23. The number of nitrogens with two attached hydrogens (primary N) is 1. The van der Waals surface area contributed by atoms with Crippen LogP contribution < -0.4 is 10.5 Å². The summed E-state index contributed by atoms with van der Waals surface area (Å²) in [5.41, 5.74) is 8.90. The zero-order chi connectivity index (χ0) is 14.8. The number of nitrogens with zero attached hydrogens (tertiary/aromatic N) is 1. The molecular formula is C16H23N3O. The second-order valence-corrected chi connectivity index (χ2v) is 5.95. The van der Waals surface area contributed by atoms with Crippen LogP contribution in [0.2, 0.25) is 0 Å². The molecule has 2 aromatic rings. The summed E-state index contributed by atoms with van der Waals surface area (Å²) in [5, 5.41) is 0. The summed E-state index contributed by atoms with van der Waals surface area (Å²) in [5.74, 6) is 1.85. The number of rotatable bonds is 4. The van der Waals surface area contributed by atoms with E-state index in [4.69, 9.17) is 10.5 Å². The second-order valence-electron chi connectivity index (χ2n) is 5.95. The molecule has 20 heavy (non-hydrogen) atoms. The van der Waals surface area contributed by atoms with Crippen LogP contribution in [-0.2, 0) is 11.8 Å². The zero-order valence-electron chi connectivity index (χ0n) is 12.7. The summed E-state index contributed by atoms with van der Waals surface area (Å²) < 4.78 is 5.46. The molecule has 1 aromatic heterocycles. The molecule has 1 aromatic carbocycles. The lowest BCUT2D eigenvalue weighted by atomic mass is 9.85. The van der Waals surface area contributed by atoms with E-state index in [-0.39, 0.29) is 5.41 Å². The molecule has 0 aliphatic rings. The maximum Gasteiger partial charge on any atom is 0.122 e. The zero-order valence-corrected chi connectivity index (χ0v) is 12.7. The molecule has 0 atom stereocenters. The van der Waals surface area contributed by atoms with Gasteiger partial charge in [-0.25, -0.2) is 4.98 Å². The number of H-pyrrole nitrogens is 1. The van der Waals surface area contributed by atoms with Crippen molar-refractivity contribution in [2.75, 3.05) is 13.7 Å². The van der Waals surface area contributed by atoms with Gasteiger partial charge in [-0.1, -0.05) is 20.8 Å². The van der Waals surface area contributed by atoms with Crippen molar-refractivity contribution in [1.82, 2.24) is 9.97 Å². The van der Waals surface area contributed by atoms with Crippen LogP contribution in [0.15, 0.2) is 24.4 Å². The van der Waals surface area contributed by atoms with E-state index >= 15 is 0 Å². The lowest BCUT2D eigenvalue weighted by molar-refractivity contribution is 0.397. The molecule has 0 aliphatic carbocycles. The molecule has 0 radical (unpaired) electrons. The molecule has 3 N–H and O–H groups in total. The number of methoxy groups -OCH3 is 1. The molecule has 0 unspecified atom stereocenters. The van der Waals surface area contributed by atoms with E-state index in [9.17, 15) is 0 Å². The Bertz CT molecular complexity index is 582. The first-order chi connectivity index (χ1) is 9.45. The Morgan fingerprint density at radius 3 is 2.65 bits per heavy atom. The number of aromatic nitrogens is 2. The minimum atomic E-state index is 0.0292. The highest BCUT2D eigenvalue weighted by atomic mass is 16.5. The lowest BCUT2D eigenvalue weighted by Gasteiger charge is -2.22. The molecule has 2 rings (SSSR count). The van der Waals surface area contributed by atoms with Gasteiger partial charge in [0.15, 0.2) is 0 Å². The van der Waals surface area contributed by atoms with Crippen LogP contribution in [0.1, 0.15) is 32.2 Å². The van der Waals surface area contributed by atoms with Crippen LogP contribution in [-0.4, -0.2) is 23.6 Å². The molecule has 0 saturated carbocycles. The van der Waals surface area contributed by atoms with Crippen molar-refractivity contribution in [3.05, 3.63) is 35.8 Å². The van der Waals surface area contributed by atoms with Crippen LogP contribution in [0, 0.1) is 0 Å². The summed E-state index contributed by atoms with van der Waals surface area (Å²) in [7, 11) is 1.71. The first-order valence-electron chi connectivity index (χ1n) is 6.88. The quantitative estimate of drug-likeness (QED) is 0.900. The summed E-state index contributed by atoms with van der Waals surface area (Å²) in [6, 6.07) is 6.23. The lowest BCUT2D eigenvalue weighted by Crippen LogP contribution is -2.12. The average Bonchev–Trinajstić information content (AvgIpc) is 2.86. The van der Waals surface area contributed by atoms with E-state index in [1.54, 1.807) is 7.11 Å². The van der Waals surface area contributed by atoms with Crippen molar-refractivity contribution in [3.8, 4) is 17.0 Å². The average molecular weight is 273 g/mol. The molecule has 0 amide bonds. The summed E-state index contributed by atoms with van der Waals surface area (Å²) in [6.45, 7) is 7.15. The SMILES string of the molecule is COc1ccc(-c2cnc(CCN)[nH]2)cc1C(C)(C)C. The van der Waals surface area contributed by atoms with E-state index in [1.807, 2.05) is 18.3 Å². The van der Waals surface area contributed by atoms with Crippen molar-refractivity contribution >= 4 is 0 Å². The van der Waals surface area contributed by atoms with Crippen LogP contribution in [0.5, 0.6) is 5.75 Å². The number of hydrogen-bond donors (Lipinski definition) is 2. The highest BCUT2D eigenvalue weighted by Crippen LogP contribution is 2.34. The van der Waals surface area contributed by atoms with Crippen LogP contribution >= 0.6 is 0 Å². The molecule has 0 aliphatic heterocycles. The van der Waals surface area contributed by atoms with Gasteiger partial charge in [-0.05, 0) is 30.2 Å². The number of aromatic amines is 1. The standard InChI is InChI=1S/C16H23N3O/c1-16(2,3)12-9-11(5-6-14(12)20-4)13-10-18-15(19-13)7-8-17/h5-6,9-10H,7-8,17H2,1-4H3,(H,18,19). The molecule has 108 valence electrons. The van der Waals surface area contributed by atoms with Gasteiger partial charge >= 0.3 is 0 Å². The van der Waals surface area contributed by atoms with Crippen molar-refractivity contribution < 1.29 is 4.74 Å². The maximum atomic E-state index is 5.55. The van der Waals surface area contributed by atoms with Gasteiger partial charge in [0, 0.05) is 17.5 Å². The van der Waals surface area contributed by atoms with E-state index in [2.05, 4.69) is 36.8 Å². The molecule has 4 nitrogen and oxygen atoms in total. The van der Waals surface area contributed by atoms with Crippen LogP contribution in [0.25, 0.3) is 11.3 Å². The Morgan fingerprint density at radius 1 is 1.30 bits per heavy atom. The summed E-state index contributed by atoms with van der Waals surface area (Å²) in [4.78, 5) is 7.66. The van der Waals surface area contributed by atoms with Crippen molar-refractivity contribution in [1.29, 1.82) is 0 Å². The van der Waals surface area contributed by atoms with Gasteiger partial charge < -0.3 is 15.5 Å². The molecule has 0 spiro atoms. The smallest absolute Gasteiger partial charge is 0.122 e. The van der Waals surface area contributed by atoms with Crippen molar-refractivity contribution in [2.24, 2.45) is 5.73 Å². The Labute approximate surface area is 120 Å². The summed E-state index contributed by atoms with van der Waals surface area (Å²) in [6.07, 6.45) is 2.63. The number of ether oxygens (including phenoxy) is 1. The van der Waals surface area contributed by atoms with Gasteiger partial charge in [0.1, 0.15) is 11.6 Å². The van der Waals surface area contributed by atoms with Gasteiger partial charge in [0.25, 0.3) is 0 Å². The van der Waals surface area contributed by atoms with Crippen LogP contribution in [0.3, 0.4) is 0 Å². The van der Waals surface area contributed by atoms with Crippen LogP contribution in [0.4, 0.5) is 0 Å². The second kappa shape index (κ2) is 5.67. The third-order valence-corrected chi connectivity index (χ3v) is 3.33. The Balaban J connectivity index is 2.42. The fourth-order valence-electron chi connectivity index (χ4n) is 2.23. The number of hydrogen-bond acceptors (Lipinski definition) is 3. The minimum Gasteiger partial charge on any atom is -0.496 e. The third kappa shape index (κ3) is 3.02.